The fourth-order valence-corrected chi connectivity index (χ4v) is 0.898. The lowest BCUT2D eigenvalue weighted by Gasteiger charge is -2.01. The number of para-hydroxylation sites is 1. The Hall–Kier alpha value is -0.520. The number of rotatable bonds is 2. The van der Waals surface area contributed by atoms with Crippen LogP contribution in [0, 0.1) is 0 Å². The summed E-state index contributed by atoms with van der Waals surface area (Å²) in [7, 11) is 0. The lowest BCUT2D eigenvalue weighted by atomic mass is 10.1. The van der Waals surface area contributed by atoms with Crippen LogP contribution in [0.25, 0.3) is 0 Å². The Bertz CT molecular complexity index is 394. The Morgan fingerprint density at radius 3 is 2.31 bits per heavy atom. The van der Waals surface area contributed by atoms with Gasteiger partial charge in [0.2, 0.25) is 5.69 Å². The van der Waals surface area contributed by atoms with Crippen molar-refractivity contribution in [2.45, 2.75) is 6.42 Å². The van der Waals surface area contributed by atoms with Crippen LogP contribution in [0.15, 0.2) is 30.9 Å². The lowest BCUT2D eigenvalue weighted by molar-refractivity contribution is 0.400. The first kappa shape index (κ1) is 15.5. The van der Waals surface area contributed by atoms with Crippen molar-refractivity contribution >= 4 is 29.7 Å². The maximum Gasteiger partial charge on any atom is 0.239 e. The minimum Gasteiger partial charge on any atom is -0.504 e. The van der Waals surface area contributed by atoms with Crippen molar-refractivity contribution in [3.8, 4) is 11.5 Å². The third kappa shape index (κ3) is 7.73. The van der Waals surface area contributed by atoms with Crippen LogP contribution in [0.4, 0.5) is 0 Å². The van der Waals surface area contributed by atoms with Gasteiger partial charge in [-0.3, -0.25) is 0 Å². The highest BCUT2D eigenvalue weighted by Gasteiger charge is 2.02. The molecule has 0 spiro atoms. The molecule has 0 radical (unpaired) electrons. The molecule has 0 unspecified atom stereocenters. The topological polar surface area (TPSA) is 80.9 Å². The van der Waals surface area contributed by atoms with Crippen LogP contribution in [0.2, 0.25) is 0 Å². The Labute approximate surface area is 104 Å². The second kappa shape index (κ2) is 6.93. The van der Waals surface area contributed by atoms with E-state index in [1.54, 1.807) is 18.2 Å². The van der Waals surface area contributed by atoms with E-state index in [4.69, 9.17) is 14.9 Å². The minimum atomic E-state index is -3.11. The molecule has 4 nitrogen and oxygen atoms in total. The third-order valence-electron chi connectivity index (χ3n) is 1.46. The summed E-state index contributed by atoms with van der Waals surface area (Å²) in [6.45, 7) is 3.53. The Kier molecular flexibility index (Phi) is 6.71. The smallest absolute Gasteiger partial charge is 0.239 e. The summed E-state index contributed by atoms with van der Waals surface area (Å²) < 4.78 is 0. The molecule has 16 heavy (non-hydrogen) atoms. The van der Waals surface area contributed by atoms with E-state index in [9.17, 15) is 5.11 Å². The second-order valence-electron chi connectivity index (χ2n) is 2.79. The van der Waals surface area contributed by atoms with Gasteiger partial charge in [-0.1, -0.05) is 30.5 Å². The number of phenolic OH excluding ortho intramolecular Hbond substituents is 2. The van der Waals surface area contributed by atoms with Crippen molar-refractivity contribution < 1.29 is 20.0 Å². The van der Waals surface area contributed by atoms with E-state index in [1.807, 2.05) is 0 Å². The zero-order valence-corrected chi connectivity index (χ0v) is 10.9. The maximum atomic E-state index is 9.23. The quantitative estimate of drug-likeness (QED) is 0.248. The SMILES string of the molecule is C=CCc1cccc(O)c1O.OP(O)(=S)S. The molecule has 0 atom stereocenters. The standard InChI is InChI=1S/C9H10O2.H3O2PS2/c1-2-4-7-5-3-6-8(10)9(7)11;1-3(2,4)5/h2-3,5-6,10-11H,1,4H2;(H3,1,2,4,5). The molecule has 1 aromatic rings. The Morgan fingerprint density at radius 1 is 1.38 bits per heavy atom. The molecule has 0 amide bonds. The molecule has 0 saturated heterocycles. The average Bonchev–Trinajstić information content (AvgIpc) is 2.10. The first-order valence-corrected chi connectivity index (χ1v) is 8.00. The molecule has 0 aromatic heterocycles. The minimum absolute atomic E-state index is 0.0487. The van der Waals surface area contributed by atoms with Gasteiger partial charge in [-0.2, -0.15) is 0 Å². The predicted molar refractivity (Wildman–Crippen MR) is 71.4 cm³/mol. The van der Waals surface area contributed by atoms with E-state index in [0.29, 0.717) is 12.0 Å². The van der Waals surface area contributed by atoms with Crippen molar-refractivity contribution in [2.24, 2.45) is 0 Å². The summed E-state index contributed by atoms with van der Waals surface area (Å²) in [6, 6.07) is 4.88. The lowest BCUT2D eigenvalue weighted by Crippen LogP contribution is -1.81. The van der Waals surface area contributed by atoms with E-state index >= 15 is 0 Å². The van der Waals surface area contributed by atoms with E-state index < -0.39 is 5.69 Å². The molecule has 90 valence electrons. The van der Waals surface area contributed by atoms with Crippen LogP contribution in [-0.2, 0) is 18.2 Å². The number of allylic oxidation sites excluding steroid dienone is 1. The third-order valence-corrected chi connectivity index (χ3v) is 1.46. The van der Waals surface area contributed by atoms with Crippen LogP contribution >= 0.6 is 17.9 Å². The molecule has 0 aliphatic heterocycles. The summed E-state index contributed by atoms with van der Waals surface area (Å²) >= 11 is 7.07. The largest absolute Gasteiger partial charge is 0.504 e. The summed E-state index contributed by atoms with van der Waals surface area (Å²) in [5, 5.41) is 18.3. The average molecular weight is 280 g/mol. The molecular weight excluding hydrogens is 267 g/mol. The highest BCUT2D eigenvalue weighted by Crippen LogP contribution is 2.39. The predicted octanol–water partition coefficient (Wildman–Crippen LogP) is 1.95. The number of hydrogen-bond acceptors (Lipinski definition) is 3. The van der Waals surface area contributed by atoms with Gasteiger partial charge >= 0.3 is 0 Å². The zero-order valence-electron chi connectivity index (χ0n) is 8.32. The molecular formula is C9H13O4PS2. The molecule has 1 rings (SSSR count). The highest BCUT2D eigenvalue weighted by atomic mass is 32.9. The van der Waals surface area contributed by atoms with Gasteiger partial charge in [0.1, 0.15) is 0 Å². The van der Waals surface area contributed by atoms with E-state index in [1.165, 1.54) is 6.07 Å². The molecule has 0 fully saturated rings. The van der Waals surface area contributed by atoms with E-state index in [2.05, 4.69) is 30.6 Å². The maximum absolute atomic E-state index is 9.23. The first-order chi connectivity index (χ1) is 7.25. The van der Waals surface area contributed by atoms with Gasteiger partial charge in [-0.25, -0.2) is 0 Å². The van der Waals surface area contributed by atoms with Gasteiger partial charge in [-0.15, -0.1) is 6.58 Å². The van der Waals surface area contributed by atoms with Gasteiger partial charge in [-0.05, 0) is 24.3 Å². The molecule has 0 aliphatic carbocycles. The molecule has 0 saturated carbocycles. The van der Waals surface area contributed by atoms with Gasteiger partial charge in [0.05, 0.1) is 0 Å². The number of aromatic hydroxyl groups is 2. The van der Waals surface area contributed by atoms with Crippen molar-refractivity contribution in [3.63, 3.8) is 0 Å². The fourth-order valence-electron chi connectivity index (χ4n) is 0.898. The molecule has 0 bridgehead atoms. The van der Waals surface area contributed by atoms with Crippen LogP contribution < -0.4 is 0 Å². The number of hydrogen-bond donors (Lipinski definition) is 5. The molecule has 0 heterocycles. The van der Waals surface area contributed by atoms with Crippen LogP contribution in [0.3, 0.4) is 0 Å². The van der Waals surface area contributed by atoms with Crippen LogP contribution in [-0.4, -0.2) is 20.0 Å². The van der Waals surface area contributed by atoms with Gasteiger partial charge in [0.25, 0.3) is 0 Å². The molecule has 0 aliphatic rings. The van der Waals surface area contributed by atoms with Crippen molar-refractivity contribution in [2.75, 3.05) is 0 Å². The zero-order chi connectivity index (χ0) is 12.8. The van der Waals surface area contributed by atoms with E-state index in [-0.39, 0.29) is 11.5 Å². The van der Waals surface area contributed by atoms with Crippen molar-refractivity contribution in [3.05, 3.63) is 36.4 Å². The number of benzene rings is 1. The summed E-state index contributed by atoms with van der Waals surface area (Å²) in [4.78, 5) is 15.7. The summed E-state index contributed by atoms with van der Waals surface area (Å²) in [6.07, 6.45) is 2.24. The second-order valence-corrected chi connectivity index (χ2v) is 7.83. The van der Waals surface area contributed by atoms with Gasteiger partial charge < -0.3 is 20.0 Å². The summed E-state index contributed by atoms with van der Waals surface area (Å²) in [5.74, 6) is -0.128. The monoisotopic (exact) mass is 280 g/mol. The van der Waals surface area contributed by atoms with Crippen molar-refractivity contribution in [1.29, 1.82) is 0 Å². The number of phenols is 2. The highest BCUT2D eigenvalue weighted by molar-refractivity contribution is 8.59. The van der Waals surface area contributed by atoms with Crippen LogP contribution in [0.5, 0.6) is 11.5 Å². The van der Waals surface area contributed by atoms with Crippen LogP contribution in [0.1, 0.15) is 5.56 Å². The van der Waals surface area contributed by atoms with Gasteiger partial charge in [0.15, 0.2) is 11.5 Å². The molecule has 7 heteroatoms. The fraction of sp³-hybridized carbons (Fsp3) is 0.111. The first-order valence-electron chi connectivity index (χ1n) is 4.14. The summed E-state index contributed by atoms with van der Waals surface area (Å²) in [5.41, 5.74) is -2.42. The molecule has 4 N–H and O–H groups in total. The normalized spacial score (nSPS) is 10.2. The van der Waals surface area contributed by atoms with Gasteiger partial charge in [0, 0.05) is 5.56 Å². The number of thiol groups is 1. The molecule has 1 aromatic carbocycles. The Morgan fingerprint density at radius 2 is 1.88 bits per heavy atom. The van der Waals surface area contributed by atoms with E-state index in [0.717, 1.165) is 0 Å². The Balaban J connectivity index is 0.000000385. The van der Waals surface area contributed by atoms with Crippen molar-refractivity contribution in [1.82, 2.24) is 0 Å².